The topological polar surface area (TPSA) is 75.6 Å². The van der Waals surface area contributed by atoms with Crippen molar-refractivity contribution in [3.8, 4) is 0 Å². The van der Waals surface area contributed by atoms with E-state index in [4.69, 9.17) is 0 Å². The summed E-state index contributed by atoms with van der Waals surface area (Å²) < 4.78 is 30.7. The van der Waals surface area contributed by atoms with Crippen LogP contribution in [-0.2, 0) is 9.53 Å². The molecule has 1 amide bonds. The number of aliphatic hydroxyl groups is 1. The van der Waals surface area contributed by atoms with Gasteiger partial charge in [0.1, 0.15) is 11.6 Å². The molecule has 1 aromatic carbocycles. The predicted molar refractivity (Wildman–Crippen MR) is 65.9 cm³/mol. The van der Waals surface area contributed by atoms with Crippen LogP contribution in [0.15, 0.2) is 18.2 Å². The van der Waals surface area contributed by atoms with E-state index >= 15 is 0 Å². The number of hydrogen-bond donors (Lipinski definition) is 2. The molecule has 1 aromatic rings. The molecule has 20 heavy (non-hydrogen) atoms. The van der Waals surface area contributed by atoms with Gasteiger partial charge < -0.3 is 15.2 Å². The Morgan fingerprint density at radius 1 is 1.40 bits per heavy atom. The Morgan fingerprint density at radius 3 is 2.60 bits per heavy atom. The van der Waals surface area contributed by atoms with Crippen LogP contribution in [0.25, 0.3) is 0 Å². The minimum atomic E-state index is -1.93. The number of ether oxygens (including phenoxy) is 1. The Balaban J connectivity index is 2.70. The molecule has 0 saturated heterocycles. The lowest BCUT2D eigenvalue weighted by Gasteiger charge is -2.21. The molecule has 0 bridgehead atoms. The fraction of sp³-hybridized carbons (Fsp3) is 0.385. The van der Waals surface area contributed by atoms with Crippen molar-refractivity contribution in [1.29, 1.82) is 0 Å². The number of hydrogen-bond acceptors (Lipinski definition) is 4. The molecule has 0 aromatic heterocycles. The van der Waals surface area contributed by atoms with Crippen LogP contribution in [0.2, 0.25) is 0 Å². The van der Waals surface area contributed by atoms with E-state index in [2.05, 4.69) is 10.1 Å². The number of nitrogens with one attached hydrogen (secondary N) is 1. The monoisotopic (exact) mass is 287 g/mol. The van der Waals surface area contributed by atoms with Gasteiger partial charge in [-0.25, -0.2) is 13.6 Å². The summed E-state index contributed by atoms with van der Waals surface area (Å²) in [6, 6.07) is 2.47. The van der Waals surface area contributed by atoms with Crippen molar-refractivity contribution in [2.24, 2.45) is 0 Å². The molecular formula is C13H15F2NO4. The van der Waals surface area contributed by atoms with Gasteiger partial charge in [-0.05, 0) is 26.0 Å². The summed E-state index contributed by atoms with van der Waals surface area (Å²) in [5.41, 5.74) is -2.31. The van der Waals surface area contributed by atoms with E-state index in [1.54, 1.807) is 6.92 Å². The zero-order valence-electron chi connectivity index (χ0n) is 11.1. The predicted octanol–water partition coefficient (Wildman–Crippen LogP) is 1.01. The third-order valence-electron chi connectivity index (χ3n) is 2.48. The molecule has 0 saturated carbocycles. The van der Waals surface area contributed by atoms with Gasteiger partial charge in [0.2, 0.25) is 0 Å². The second-order valence-corrected chi connectivity index (χ2v) is 4.30. The lowest BCUT2D eigenvalue weighted by molar-refractivity contribution is -0.162. The molecule has 0 aliphatic heterocycles. The van der Waals surface area contributed by atoms with Crippen molar-refractivity contribution < 1.29 is 28.2 Å². The Kier molecular flexibility index (Phi) is 5.15. The first kappa shape index (κ1) is 16.0. The fourth-order valence-corrected chi connectivity index (χ4v) is 1.38. The lowest BCUT2D eigenvalue weighted by Crippen LogP contribution is -2.47. The van der Waals surface area contributed by atoms with Crippen molar-refractivity contribution in [3.05, 3.63) is 35.4 Å². The summed E-state index contributed by atoms with van der Waals surface area (Å²) >= 11 is 0. The van der Waals surface area contributed by atoms with E-state index < -0.39 is 35.7 Å². The maximum absolute atomic E-state index is 13.3. The highest BCUT2D eigenvalue weighted by Crippen LogP contribution is 2.10. The van der Waals surface area contributed by atoms with E-state index in [0.717, 1.165) is 19.1 Å². The quantitative estimate of drug-likeness (QED) is 0.792. The van der Waals surface area contributed by atoms with Gasteiger partial charge in [0.15, 0.2) is 5.60 Å². The molecule has 7 heteroatoms. The summed E-state index contributed by atoms with van der Waals surface area (Å²) in [4.78, 5) is 23.0. The van der Waals surface area contributed by atoms with E-state index in [1.807, 2.05) is 0 Å². The summed E-state index contributed by atoms with van der Waals surface area (Å²) in [7, 11) is 0. The zero-order chi connectivity index (χ0) is 15.3. The number of carbonyl (C=O) groups is 2. The standard InChI is InChI=1S/C13H15F2NO4/c1-3-20-12(18)13(2,19)7-16-11(17)9-5-4-8(14)6-10(9)15/h4-6,19H,3,7H2,1-2H3,(H,16,17)/t13-/m0/s1. The van der Waals surface area contributed by atoms with Crippen LogP contribution in [0.1, 0.15) is 24.2 Å². The van der Waals surface area contributed by atoms with E-state index in [0.29, 0.717) is 6.07 Å². The third-order valence-corrected chi connectivity index (χ3v) is 2.48. The van der Waals surface area contributed by atoms with E-state index in [1.165, 1.54) is 0 Å². The minimum absolute atomic E-state index is 0.0789. The van der Waals surface area contributed by atoms with Crippen molar-refractivity contribution in [2.75, 3.05) is 13.2 Å². The molecule has 1 atom stereocenters. The molecule has 2 N–H and O–H groups in total. The third kappa shape index (κ3) is 3.99. The Bertz CT molecular complexity index is 517. The Hall–Kier alpha value is -2.02. The maximum Gasteiger partial charge on any atom is 0.339 e. The molecule has 0 spiro atoms. The van der Waals surface area contributed by atoms with Crippen LogP contribution in [0.5, 0.6) is 0 Å². The number of esters is 1. The first-order chi connectivity index (χ1) is 9.27. The first-order valence-corrected chi connectivity index (χ1v) is 5.90. The van der Waals surface area contributed by atoms with Crippen LogP contribution in [-0.4, -0.2) is 35.7 Å². The number of rotatable bonds is 5. The Morgan fingerprint density at radius 2 is 2.05 bits per heavy atom. The second-order valence-electron chi connectivity index (χ2n) is 4.30. The minimum Gasteiger partial charge on any atom is -0.464 e. The van der Waals surface area contributed by atoms with Crippen LogP contribution in [0.3, 0.4) is 0 Å². The first-order valence-electron chi connectivity index (χ1n) is 5.90. The summed E-state index contributed by atoms with van der Waals surface area (Å²) in [6.45, 7) is 2.35. The number of halogens is 2. The number of amides is 1. The molecule has 0 radical (unpaired) electrons. The van der Waals surface area contributed by atoms with Crippen molar-refractivity contribution in [3.63, 3.8) is 0 Å². The molecule has 0 heterocycles. The average Bonchev–Trinajstić information content (AvgIpc) is 2.36. The average molecular weight is 287 g/mol. The maximum atomic E-state index is 13.3. The normalized spacial score (nSPS) is 13.4. The smallest absolute Gasteiger partial charge is 0.339 e. The molecule has 0 aliphatic carbocycles. The molecule has 0 aliphatic rings. The van der Waals surface area contributed by atoms with Gasteiger partial charge in [-0.2, -0.15) is 0 Å². The largest absolute Gasteiger partial charge is 0.464 e. The fourth-order valence-electron chi connectivity index (χ4n) is 1.38. The highest BCUT2D eigenvalue weighted by atomic mass is 19.1. The SMILES string of the molecule is CCOC(=O)[C@@](C)(O)CNC(=O)c1ccc(F)cc1F. The van der Waals surface area contributed by atoms with Gasteiger partial charge in [-0.1, -0.05) is 0 Å². The van der Waals surface area contributed by atoms with Gasteiger partial charge in [0.05, 0.1) is 18.7 Å². The highest BCUT2D eigenvalue weighted by Gasteiger charge is 2.32. The van der Waals surface area contributed by atoms with Gasteiger partial charge in [-0.15, -0.1) is 0 Å². The molecule has 110 valence electrons. The molecule has 0 fully saturated rings. The Labute approximate surface area is 114 Å². The summed E-state index contributed by atoms with van der Waals surface area (Å²) in [5.74, 6) is -3.61. The van der Waals surface area contributed by atoms with Gasteiger partial charge >= 0.3 is 5.97 Å². The van der Waals surface area contributed by atoms with Crippen molar-refractivity contribution in [2.45, 2.75) is 19.4 Å². The van der Waals surface area contributed by atoms with Crippen LogP contribution in [0.4, 0.5) is 8.78 Å². The number of carbonyl (C=O) groups excluding carboxylic acids is 2. The van der Waals surface area contributed by atoms with Crippen molar-refractivity contribution in [1.82, 2.24) is 5.32 Å². The van der Waals surface area contributed by atoms with Gasteiger partial charge in [0.25, 0.3) is 5.91 Å². The van der Waals surface area contributed by atoms with Crippen LogP contribution >= 0.6 is 0 Å². The summed E-state index contributed by atoms with van der Waals surface area (Å²) in [6.07, 6.45) is 0. The van der Waals surface area contributed by atoms with Crippen LogP contribution in [0, 0.1) is 11.6 Å². The zero-order valence-corrected chi connectivity index (χ0v) is 11.1. The summed E-state index contributed by atoms with van der Waals surface area (Å²) in [5, 5.41) is 12.0. The van der Waals surface area contributed by atoms with Crippen molar-refractivity contribution >= 4 is 11.9 Å². The van der Waals surface area contributed by atoms with Gasteiger partial charge in [0, 0.05) is 6.07 Å². The molecule has 0 unspecified atom stereocenters. The van der Waals surface area contributed by atoms with E-state index in [9.17, 15) is 23.5 Å². The second kappa shape index (κ2) is 6.42. The van der Waals surface area contributed by atoms with E-state index in [-0.39, 0.29) is 12.2 Å². The number of benzene rings is 1. The lowest BCUT2D eigenvalue weighted by atomic mass is 10.1. The van der Waals surface area contributed by atoms with Gasteiger partial charge in [-0.3, -0.25) is 4.79 Å². The molecule has 5 nitrogen and oxygen atoms in total. The molecular weight excluding hydrogens is 272 g/mol. The van der Waals surface area contributed by atoms with Crippen LogP contribution < -0.4 is 5.32 Å². The highest BCUT2D eigenvalue weighted by molar-refractivity contribution is 5.95. The molecule has 1 rings (SSSR count).